The minimum atomic E-state index is -5.12. The third kappa shape index (κ3) is 4.37. The summed E-state index contributed by atoms with van der Waals surface area (Å²) in [6.07, 6.45) is -10.2. The van der Waals surface area contributed by atoms with Crippen molar-refractivity contribution < 1.29 is 26.3 Å². The van der Waals surface area contributed by atoms with Gasteiger partial charge in [-0.05, 0) is 12.1 Å². The molecule has 1 N–H and O–H groups in total. The van der Waals surface area contributed by atoms with Crippen molar-refractivity contribution in [2.24, 2.45) is 0 Å². The van der Waals surface area contributed by atoms with Gasteiger partial charge in [0.15, 0.2) is 5.57 Å². The Morgan fingerprint density at radius 2 is 1.31 bits per heavy atom. The van der Waals surface area contributed by atoms with Crippen molar-refractivity contribution in [2.75, 3.05) is 24.3 Å². The summed E-state index contributed by atoms with van der Waals surface area (Å²) in [5.74, 6) is 0. The predicted molar refractivity (Wildman–Crippen MR) is 78.3 cm³/mol. The lowest BCUT2D eigenvalue weighted by atomic mass is 10.0. The normalized spacial score (nSPS) is 11.0. The van der Waals surface area contributed by atoms with E-state index in [0.717, 1.165) is 14.1 Å². The number of rotatable bonds is 3. The van der Waals surface area contributed by atoms with E-state index in [1.165, 1.54) is 18.2 Å². The average molecular weight is 373 g/mol. The molecule has 26 heavy (non-hydrogen) atoms. The lowest BCUT2D eigenvalue weighted by molar-refractivity contribution is -0.142. The monoisotopic (exact) mass is 373 g/mol. The van der Waals surface area contributed by atoms with Crippen LogP contribution < -0.4 is 10.2 Å². The lowest BCUT2D eigenvalue weighted by Gasteiger charge is -2.25. The summed E-state index contributed by atoms with van der Waals surface area (Å²) in [4.78, 5) is 0.673. The predicted octanol–water partition coefficient (Wildman–Crippen LogP) is 4.03. The van der Waals surface area contributed by atoms with Crippen molar-refractivity contribution in [3.63, 3.8) is 0 Å². The molecule has 0 atom stereocenters. The second-order valence-electron chi connectivity index (χ2n) is 5.02. The summed E-state index contributed by atoms with van der Waals surface area (Å²) in [6.45, 7) is 0. The number of hydrogen-bond donors (Lipinski definition) is 1. The van der Waals surface area contributed by atoms with Crippen LogP contribution in [0.1, 0.15) is 11.1 Å². The van der Waals surface area contributed by atoms with Gasteiger partial charge in [0.1, 0.15) is 23.9 Å². The van der Waals surface area contributed by atoms with Gasteiger partial charge in [-0.3, -0.25) is 0 Å². The van der Waals surface area contributed by atoms with Crippen LogP contribution >= 0.6 is 0 Å². The van der Waals surface area contributed by atoms with Crippen LogP contribution in [-0.4, -0.2) is 14.1 Å². The van der Waals surface area contributed by atoms with Crippen LogP contribution in [-0.2, 0) is 12.4 Å². The van der Waals surface area contributed by atoms with E-state index in [-0.39, 0.29) is 0 Å². The summed E-state index contributed by atoms with van der Waals surface area (Å²) in [7, 11) is 2.05. The van der Waals surface area contributed by atoms with Crippen molar-refractivity contribution in [1.29, 1.82) is 15.8 Å². The first-order valence-corrected chi connectivity index (χ1v) is 6.58. The number of nitriles is 3. The van der Waals surface area contributed by atoms with E-state index < -0.39 is 46.1 Å². The second-order valence-corrected chi connectivity index (χ2v) is 5.02. The van der Waals surface area contributed by atoms with Crippen LogP contribution in [0.5, 0.6) is 0 Å². The maximum atomic E-state index is 13.3. The fourth-order valence-corrected chi connectivity index (χ4v) is 2.05. The SMILES string of the molecule is CN(C)c1c(C(F)(F)F)cc(NC(C#N)=C(C#N)C#N)cc1C(F)(F)F. The van der Waals surface area contributed by atoms with Crippen LogP contribution in [0.4, 0.5) is 37.7 Å². The van der Waals surface area contributed by atoms with Crippen molar-refractivity contribution in [3.8, 4) is 18.2 Å². The van der Waals surface area contributed by atoms with Crippen molar-refractivity contribution in [1.82, 2.24) is 0 Å². The topological polar surface area (TPSA) is 86.6 Å². The molecule has 0 amide bonds. The van der Waals surface area contributed by atoms with Gasteiger partial charge < -0.3 is 10.2 Å². The second kappa shape index (κ2) is 7.24. The average Bonchev–Trinajstić information content (AvgIpc) is 2.52. The summed E-state index contributed by atoms with van der Waals surface area (Å²) < 4.78 is 79.6. The Morgan fingerprint density at radius 3 is 1.58 bits per heavy atom. The zero-order valence-corrected chi connectivity index (χ0v) is 13.2. The number of nitrogens with one attached hydrogen (secondary N) is 1. The van der Waals surface area contributed by atoms with E-state index in [2.05, 4.69) is 0 Å². The van der Waals surface area contributed by atoms with E-state index in [1.54, 1.807) is 0 Å². The molecule has 0 aliphatic heterocycles. The fourth-order valence-electron chi connectivity index (χ4n) is 2.05. The highest BCUT2D eigenvalue weighted by molar-refractivity contribution is 5.70. The first-order chi connectivity index (χ1) is 11.9. The molecular formula is C15H9F6N5. The van der Waals surface area contributed by atoms with Gasteiger partial charge in [0, 0.05) is 19.8 Å². The molecular weight excluding hydrogens is 364 g/mol. The molecule has 0 aromatic heterocycles. The number of nitrogens with zero attached hydrogens (tertiary/aromatic N) is 4. The van der Waals surface area contributed by atoms with Crippen LogP contribution in [0, 0.1) is 34.0 Å². The third-order valence-corrected chi connectivity index (χ3v) is 3.02. The summed E-state index contributed by atoms with van der Waals surface area (Å²) in [6, 6.07) is 4.74. The van der Waals surface area contributed by atoms with Crippen LogP contribution in [0.15, 0.2) is 23.4 Å². The minimum Gasteiger partial charge on any atom is -0.377 e. The van der Waals surface area contributed by atoms with Gasteiger partial charge in [-0.25, -0.2) is 0 Å². The first-order valence-electron chi connectivity index (χ1n) is 6.58. The molecule has 136 valence electrons. The van der Waals surface area contributed by atoms with Gasteiger partial charge in [0.05, 0.1) is 16.8 Å². The number of hydrogen-bond acceptors (Lipinski definition) is 5. The molecule has 0 unspecified atom stereocenters. The molecule has 0 saturated heterocycles. The Hall–Kier alpha value is -3.39. The van der Waals surface area contributed by atoms with Crippen molar-refractivity contribution in [3.05, 3.63) is 34.5 Å². The van der Waals surface area contributed by atoms with Gasteiger partial charge in [0.2, 0.25) is 0 Å². The molecule has 0 bridgehead atoms. The van der Waals surface area contributed by atoms with E-state index in [9.17, 15) is 26.3 Å². The zero-order valence-electron chi connectivity index (χ0n) is 13.2. The third-order valence-electron chi connectivity index (χ3n) is 3.02. The van der Waals surface area contributed by atoms with Crippen molar-refractivity contribution in [2.45, 2.75) is 12.4 Å². The molecule has 0 aliphatic carbocycles. The number of alkyl halides is 6. The molecule has 1 rings (SSSR count). The van der Waals surface area contributed by atoms with Gasteiger partial charge in [-0.2, -0.15) is 42.1 Å². The van der Waals surface area contributed by atoms with Crippen LogP contribution in [0.25, 0.3) is 0 Å². The Kier molecular flexibility index (Phi) is 5.75. The molecule has 5 nitrogen and oxygen atoms in total. The van der Waals surface area contributed by atoms with E-state index in [0.29, 0.717) is 17.0 Å². The lowest BCUT2D eigenvalue weighted by Crippen LogP contribution is -2.22. The van der Waals surface area contributed by atoms with Crippen LogP contribution in [0.2, 0.25) is 0 Å². The summed E-state index contributed by atoms with van der Waals surface area (Å²) in [5.41, 5.74) is -6.58. The molecule has 0 spiro atoms. The molecule has 0 saturated carbocycles. The summed E-state index contributed by atoms with van der Waals surface area (Å²) in [5, 5.41) is 28.3. The number of benzene rings is 1. The molecule has 0 radical (unpaired) electrons. The maximum absolute atomic E-state index is 13.3. The van der Waals surface area contributed by atoms with Gasteiger partial charge in [-0.15, -0.1) is 0 Å². The maximum Gasteiger partial charge on any atom is 0.418 e. The molecule has 1 aromatic carbocycles. The van der Waals surface area contributed by atoms with Gasteiger partial charge in [-0.1, -0.05) is 0 Å². The Labute approximate surface area is 144 Å². The fraction of sp³-hybridized carbons (Fsp3) is 0.267. The molecule has 0 aliphatic rings. The Morgan fingerprint density at radius 1 is 0.885 bits per heavy atom. The molecule has 0 heterocycles. The highest BCUT2D eigenvalue weighted by Crippen LogP contribution is 2.45. The van der Waals surface area contributed by atoms with E-state index in [4.69, 9.17) is 15.8 Å². The molecule has 11 heteroatoms. The number of allylic oxidation sites excluding steroid dienone is 2. The Bertz CT molecular complexity index is 808. The molecule has 1 aromatic rings. The number of anilines is 2. The first kappa shape index (κ1) is 20.7. The number of halogens is 6. The quantitative estimate of drug-likeness (QED) is 0.639. The molecule has 0 fully saturated rings. The van der Waals surface area contributed by atoms with Crippen LogP contribution in [0.3, 0.4) is 0 Å². The largest absolute Gasteiger partial charge is 0.418 e. The highest BCUT2D eigenvalue weighted by Gasteiger charge is 2.42. The highest BCUT2D eigenvalue weighted by atomic mass is 19.4. The van der Waals surface area contributed by atoms with Gasteiger partial charge >= 0.3 is 12.4 Å². The smallest absolute Gasteiger partial charge is 0.377 e. The van der Waals surface area contributed by atoms with E-state index >= 15 is 0 Å². The zero-order chi connectivity index (χ0) is 20.3. The minimum absolute atomic E-state index is 0.369. The standard InChI is InChI=1S/C15H9F6N5/c1-26(2)13-10(14(16,17)18)3-9(4-11(13)15(19,20)21)25-12(7-24)8(5-22)6-23/h3-4,25H,1-2H3. The summed E-state index contributed by atoms with van der Waals surface area (Å²) >= 11 is 0. The van der Waals surface area contributed by atoms with E-state index in [1.807, 2.05) is 5.32 Å². The van der Waals surface area contributed by atoms with Gasteiger partial charge in [0.25, 0.3) is 0 Å². The van der Waals surface area contributed by atoms with Crippen molar-refractivity contribution >= 4 is 11.4 Å². The Balaban J connectivity index is 3.80.